The molecule has 1 amide bonds. The molecule has 5 rings (SSSR count). The molecule has 1 aromatic carbocycles. The van der Waals surface area contributed by atoms with Crippen LogP contribution in [0.4, 0.5) is 9.18 Å². The quantitative estimate of drug-likeness (QED) is 0.389. The number of hydrogen-bond acceptors (Lipinski definition) is 9. The van der Waals surface area contributed by atoms with Gasteiger partial charge in [-0.1, -0.05) is 22.0 Å². The zero-order valence-electron chi connectivity index (χ0n) is 21.1. The summed E-state index contributed by atoms with van der Waals surface area (Å²) in [5.74, 6) is 0.203. The second kappa shape index (κ2) is 11.6. The number of hydrogen-bond donors (Lipinski definition) is 3. The normalized spacial score (nSPS) is 26.2. The highest BCUT2D eigenvalue weighted by Crippen LogP contribution is 2.35. The van der Waals surface area contributed by atoms with Crippen LogP contribution >= 0.6 is 11.6 Å². The van der Waals surface area contributed by atoms with Gasteiger partial charge < -0.3 is 34.2 Å². The van der Waals surface area contributed by atoms with Crippen molar-refractivity contribution >= 4 is 17.7 Å². The Morgan fingerprint density at radius 2 is 2.00 bits per heavy atom. The molecule has 0 radical (unpaired) electrons. The Balaban J connectivity index is 1.35. The van der Waals surface area contributed by atoms with Gasteiger partial charge in [0.15, 0.2) is 0 Å². The Morgan fingerprint density at radius 3 is 2.67 bits per heavy atom. The maximum absolute atomic E-state index is 13.9. The van der Waals surface area contributed by atoms with Crippen LogP contribution in [0.25, 0.3) is 11.3 Å². The summed E-state index contributed by atoms with van der Waals surface area (Å²) in [6.45, 7) is 0.401. The lowest BCUT2D eigenvalue weighted by Gasteiger charge is -2.43. The molecule has 210 valence electrons. The lowest BCUT2D eigenvalue weighted by atomic mass is 9.90. The fourth-order valence-electron chi connectivity index (χ4n) is 5.36. The Labute approximate surface area is 227 Å². The Kier molecular flexibility index (Phi) is 8.14. The van der Waals surface area contributed by atoms with Gasteiger partial charge in [-0.2, -0.15) is 0 Å². The maximum Gasteiger partial charge on any atom is 0.407 e. The molecule has 39 heavy (non-hydrogen) atoms. The van der Waals surface area contributed by atoms with E-state index in [1.54, 1.807) is 12.3 Å². The van der Waals surface area contributed by atoms with Gasteiger partial charge >= 0.3 is 6.09 Å². The molecule has 3 N–H and O–H groups in total. The summed E-state index contributed by atoms with van der Waals surface area (Å²) >= 11 is 5.99. The number of likely N-dealkylation sites (tertiary alicyclic amines) is 1. The van der Waals surface area contributed by atoms with Crippen molar-refractivity contribution in [1.82, 2.24) is 25.1 Å². The predicted octanol–water partition coefficient (Wildman–Crippen LogP) is 2.50. The average Bonchev–Trinajstić information content (AvgIpc) is 3.59. The zero-order chi connectivity index (χ0) is 27.7. The largest absolute Gasteiger partial charge is 0.465 e. The van der Waals surface area contributed by atoms with E-state index in [1.807, 2.05) is 6.07 Å². The number of ether oxygens (including phenoxy) is 2. The van der Waals surface area contributed by atoms with Crippen molar-refractivity contribution in [3.63, 3.8) is 0 Å². The van der Waals surface area contributed by atoms with E-state index in [0.717, 1.165) is 0 Å². The van der Waals surface area contributed by atoms with Gasteiger partial charge in [-0.05, 0) is 31.0 Å². The molecule has 2 aliphatic rings. The standard InChI is InChI=1S/C25H29ClFN5O7/c1-37-24-20(10-17-9-19(39-29-17)13-2-4-31(5-3-13)25(35)36)38-21(12-33)23(34)22(24)32-11-18(28-30-32)14-6-15(26)8-16(27)7-14/h6-9,11,13,20-24,33-34H,2-5,10,12H2,1H3,(H,35,36)/t20-,21-,22+,23+,24+/m1/s1. The molecule has 5 atom stereocenters. The van der Waals surface area contributed by atoms with Crippen LogP contribution < -0.4 is 0 Å². The molecule has 2 aliphatic heterocycles. The molecule has 4 heterocycles. The minimum absolute atomic E-state index is 0.0528. The van der Waals surface area contributed by atoms with Crippen LogP contribution in [0.2, 0.25) is 5.02 Å². The number of benzene rings is 1. The van der Waals surface area contributed by atoms with Crippen LogP contribution in [0, 0.1) is 5.82 Å². The minimum Gasteiger partial charge on any atom is -0.465 e. The van der Waals surface area contributed by atoms with Crippen molar-refractivity contribution in [3.8, 4) is 11.3 Å². The van der Waals surface area contributed by atoms with E-state index >= 15 is 0 Å². The fourth-order valence-corrected chi connectivity index (χ4v) is 5.59. The van der Waals surface area contributed by atoms with Crippen molar-refractivity contribution in [2.75, 3.05) is 26.8 Å². The number of amides is 1. The third kappa shape index (κ3) is 5.77. The first kappa shape index (κ1) is 27.5. The SMILES string of the molecule is CO[C@@H]1[C@@H](n2cc(-c3cc(F)cc(Cl)c3)nn2)[C@@H](O)[C@@H](CO)O[C@@H]1Cc1cc(C2CCN(C(=O)O)CC2)on1. The Morgan fingerprint density at radius 1 is 1.23 bits per heavy atom. The number of carboxylic acid groups (broad SMARTS) is 1. The molecule has 3 aromatic rings. The van der Waals surface area contributed by atoms with Gasteiger partial charge in [-0.3, -0.25) is 0 Å². The van der Waals surface area contributed by atoms with E-state index < -0.39 is 49.0 Å². The molecular formula is C25H29ClFN5O7. The van der Waals surface area contributed by atoms with Crippen molar-refractivity contribution in [1.29, 1.82) is 0 Å². The zero-order valence-corrected chi connectivity index (χ0v) is 21.8. The number of aliphatic hydroxyl groups is 2. The number of aromatic nitrogens is 4. The molecule has 2 fully saturated rings. The van der Waals surface area contributed by atoms with E-state index in [9.17, 15) is 24.5 Å². The minimum atomic E-state index is -1.19. The number of carbonyl (C=O) groups is 1. The molecule has 2 saturated heterocycles. The van der Waals surface area contributed by atoms with Crippen molar-refractivity contribution in [3.05, 3.63) is 52.8 Å². The van der Waals surface area contributed by atoms with Gasteiger partial charge in [0, 0.05) is 49.2 Å². The summed E-state index contributed by atoms with van der Waals surface area (Å²) in [7, 11) is 1.48. The van der Waals surface area contributed by atoms with Crippen LogP contribution in [0.5, 0.6) is 0 Å². The number of halogens is 2. The second-order valence-electron chi connectivity index (χ2n) is 9.79. The first-order valence-electron chi connectivity index (χ1n) is 12.6. The first-order valence-corrected chi connectivity index (χ1v) is 12.9. The van der Waals surface area contributed by atoms with Gasteiger partial charge in [-0.25, -0.2) is 13.9 Å². The number of nitrogens with zero attached hydrogens (tertiary/aromatic N) is 5. The highest BCUT2D eigenvalue weighted by molar-refractivity contribution is 6.30. The van der Waals surface area contributed by atoms with Gasteiger partial charge in [0.05, 0.1) is 24.6 Å². The van der Waals surface area contributed by atoms with Crippen LogP contribution in [0.1, 0.15) is 36.3 Å². The molecule has 0 spiro atoms. The molecule has 0 saturated carbocycles. The molecule has 0 unspecified atom stereocenters. The fraction of sp³-hybridized carbons (Fsp3) is 0.520. The van der Waals surface area contributed by atoms with E-state index in [2.05, 4.69) is 15.5 Å². The summed E-state index contributed by atoms with van der Waals surface area (Å²) in [5, 5.41) is 42.9. The van der Waals surface area contributed by atoms with Gasteiger partial charge in [0.1, 0.15) is 41.6 Å². The topological polar surface area (TPSA) is 156 Å². The van der Waals surface area contributed by atoms with E-state index in [-0.39, 0.29) is 17.4 Å². The number of aliphatic hydroxyl groups excluding tert-OH is 2. The van der Waals surface area contributed by atoms with Crippen LogP contribution in [-0.2, 0) is 15.9 Å². The average molecular weight is 566 g/mol. The van der Waals surface area contributed by atoms with Gasteiger partial charge in [0.2, 0.25) is 0 Å². The lowest BCUT2D eigenvalue weighted by molar-refractivity contribution is -0.212. The first-order chi connectivity index (χ1) is 18.8. The van der Waals surface area contributed by atoms with Crippen molar-refractivity contribution in [2.24, 2.45) is 0 Å². The van der Waals surface area contributed by atoms with E-state index in [0.29, 0.717) is 48.6 Å². The number of methoxy groups -OCH3 is 1. The molecule has 0 aliphatic carbocycles. The van der Waals surface area contributed by atoms with Gasteiger partial charge in [0.25, 0.3) is 0 Å². The van der Waals surface area contributed by atoms with Crippen molar-refractivity contribution < 1.29 is 38.5 Å². The highest BCUT2D eigenvalue weighted by atomic mass is 35.5. The van der Waals surface area contributed by atoms with Gasteiger partial charge in [-0.15, -0.1) is 5.10 Å². The summed E-state index contributed by atoms with van der Waals surface area (Å²) in [4.78, 5) is 12.6. The summed E-state index contributed by atoms with van der Waals surface area (Å²) < 4.78 is 32.7. The Hall–Kier alpha value is -3.10. The lowest BCUT2D eigenvalue weighted by Crippen LogP contribution is -2.57. The third-order valence-corrected chi connectivity index (χ3v) is 7.58. The summed E-state index contributed by atoms with van der Waals surface area (Å²) in [6, 6.07) is 5.06. The van der Waals surface area contributed by atoms with Crippen LogP contribution in [0.3, 0.4) is 0 Å². The number of rotatable bonds is 7. The van der Waals surface area contributed by atoms with Crippen molar-refractivity contribution in [2.45, 2.75) is 55.6 Å². The molecular weight excluding hydrogens is 537 g/mol. The monoisotopic (exact) mass is 565 g/mol. The van der Waals surface area contributed by atoms with E-state index in [4.69, 9.17) is 25.6 Å². The molecule has 12 nitrogen and oxygen atoms in total. The van der Waals surface area contributed by atoms with E-state index in [1.165, 1.54) is 28.8 Å². The summed E-state index contributed by atoms with van der Waals surface area (Å²) in [6.07, 6.45) is -1.32. The molecule has 14 heteroatoms. The maximum atomic E-state index is 13.9. The third-order valence-electron chi connectivity index (χ3n) is 7.36. The second-order valence-corrected chi connectivity index (χ2v) is 10.2. The highest BCUT2D eigenvalue weighted by Gasteiger charge is 2.47. The molecule has 2 aromatic heterocycles. The number of piperidine rings is 1. The smallest absolute Gasteiger partial charge is 0.407 e. The molecule has 0 bridgehead atoms. The van der Waals surface area contributed by atoms with Crippen LogP contribution in [0.15, 0.2) is 35.0 Å². The Bertz CT molecular complexity index is 1280. The predicted molar refractivity (Wildman–Crippen MR) is 134 cm³/mol. The summed E-state index contributed by atoms with van der Waals surface area (Å²) in [5.41, 5.74) is 1.36. The van der Waals surface area contributed by atoms with Crippen LogP contribution in [-0.4, -0.2) is 97.7 Å².